The van der Waals surface area contributed by atoms with Crippen molar-refractivity contribution in [3.05, 3.63) is 29.3 Å². The minimum atomic E-state index is -3.65. The maximum absolute atomic E-state index is 11.3. The lowest BCUT2D eigenvalue weighted by atomic mass is 10.4. The van der Waals surface area contributed by atoms with Crippen LogP contribution in [0.4, 0.5) is 0 Å². The van der Waals surface area contributed by atoms with Gasteiger partial charge in [-0.25, -0.2) is 8.42 Å². The van der Waals surface area contributed by atoms with Crippen molar-refractivity contribution in [2.24, 2.45) is 0 Å². The Kier molecular flexibility index (Phi) is 3.27. The SMILES string of the molecule is CONS(=O)(=O)c1ccccc1Cl. The molecule has 0 bridgehead atoms. The van der Waals surface area contributed by atoms with Gasteiger partial charge in [-0.3, -0.25) is 4.84 Å². The van der Waals surface area contributed by atoms with Crippen molar-refractivity contribution in [3.63, 3.8) is 0 Å². The Morgan fingerprint density at radius 3 is 2.54 bits per heavy atom. The molecule has 0 aromatic heterocycles. The Balaban J connectivity index is 3.15. The minimum absolute atomic E-state index is 0.00137. The Morgan fingerprint density at radius 2 is 2.00 bits per heavy atom. The molecule has 0 unspecified atom stereocenters. The summed E-state index contributed by atoms with van der Waals surface area (Å²) in [7, 11) is -2.43. The lowest BCUT2D eigenvalue weighted by Crippen LogP contribution is -2.22. The van der Waals surface area contributed by atoms with E-state index in [1.165, 1.54) is 19.2 Å². The van der Waals surface area contributed by atoms with Gasteiger partial charge in [0.15, 0.2) is 0 Å². The summed E-state index contributed by atoms with van der Waals surface area (Å²) in [5, 5.41) is 0.159. The maximum Gasteiger partial charge on any atom is 0.263 e. The maximum atomic E-state index is 11.3. The Bertz CT molecular complexity index is 390. The van der Waals surface area contributed by atoms with Crippen LogP contribution in [0.1, 0.15) is 0 Å². The fourth-order valence-electron chi connectivity index (χ4n) is 0.817. The molecule has 0 radical (unpaired) electrons. The number of benzene rings is 1. The second-order valence-corrected chi connectivity index (χ2v) is 4.24. The van der Waals surface area contributed by atoms with Crippen LogP contribution in [0, 0.1) is 0 Å². The van der Waals surface area contributed by atoms with E-state index in [1.54, 1.807) is 12.1 Å². The molecule has 0 saturated heterocycles. The van der Waals surface area contributed by atoms with Gasteiger partial charge in [-0.15, -0.1) is 0 Å². The van der Waals surface area contributed by atoms with E-state index in [-0.39, 0.29) is 9.92 Å². The molecule has 1 aromatic rings. The third-order valence-electron chi connectivity index (χ3n) is 1.32. The molecule has 6 heteroatoms. The number of hydrogen-bond acceptors (Lipinski definition) is 3. The van der Waals surface area contributed by atoms with Crippen LogP contribution in [0.5, 0.6) is 0 Å². The van der Waals surface area contributed by atoms with Gasteiger partial charge in [0.25, 0.3) is 10.0 Å². The number of nitrogens with one attached hydrogen (secondary N) is 1. The number of sulfonamides is 1. The fourth-order valence-corrected chi connectivity index (χ4v) is 2.15. The predicted octanol–water partition coefficient (Wildman–Crippen LogP) is 1.18. The zero-order valence-electron chi connectivity index (χ0n) is 6.82. The molecule has 0 amide bonds. The van der Waals surface area contributed by atoms with Gasteiger partial charge in [0.05, 0.1) is 12.1 Å². The summed E-state index contributed by atoms with van der Waals surface area (Å²) in [6.45, 7) is 0. The molecule has 0 fully saturated rings. The molecule has 0 aliphatic rings. The second-order valence-electron chi connectivity index (χ2n) is 2.22. The van der Waals surface area contributed by atoms with Crippen LogP contribution in [0.15, 0.2) is 29.2 Å². The van der Waals surface area contributed by atoms with Gasteiger partial charge in [-0.1, -0.05) is 28.6 Å². The van der Waals surface area contributed by atoms with Gasteiger partial charge in [0.2, 0.25) is 0 Å². The first-order valence-corrected chi connectivity index (χ1v) is 5.23. The highest BCUT2D eigenvalue weighted by Crippen LogP contribution is 2.19. The van der Waals surface area contributed by atoms with Gasteiger partial charge in [0.1, 0.15) is 4.90 Å². The van der Waals surface area contributed by atoms with Crippen LogP contribution in [-0.2, 0) is 14.9 Å². The van der Waals surface area contributed by atoms with Crippen LogP contribution >= 0.6 is 11.6 Å². The first-order valence-electron chi connectivity index (χ1n) is 3.37. The molecule has 0 atom stereocenters. The van der Waals surface area contributed by atoms with Crippen LogP contribution in [-0.4, -0.2) is 15.5 Å². The average Bonchev–Trinajstić information content (AvgIpc) is 2.04. The molecule has 1 aromatic carbocycles. The molecule has 0 spiro atoms. The van der Waals surface area contributed by atoms with Crippen LogP contribution in [0.3, 0.4) is 0 Å². The van der Waals surface area contributed by atoms with E-state index < -0.39 is 10.0 Å². The summed E-state index contributed by atoms with van der Waals surface area (Å²) in [6.07, 6.45) is 0. The summed E-state index contributed by atoms with van der Waals surface area (Å²) in [6, 6.07) is 6.11. The van der Waals surface area contributed by atoms with Crippen molar-refractivity contribution in [1.82, 2.24) is 4.89 Å². The van der Waals surface area contributed by atoms with E-state index in [1.807, 2.05) is 4.89 Å². The first kappa shape index (κ1) is 10.5. The third kappa shape index (κ3) is 2.41. The molecule has 0 aliphatic carbocycles. The monoisotopic (exact) mass is 221 g/mol. The smallest absolute Gasteiger partial charge is 0.263 e. The summed E-state index contributed by atoms with van der Waals surface area (Å²) in [5.41, 5.74) is 0. The summed E-state index contributed by atoms with van der Waals surface area (Å²) in [5.74, 6) is 0. The molecule has 4 nitrogen and oxygen atoms in total. The van der Waals surface area contributed by atoms with Crippen molar-refractivity contribution in [1.29, 1.82) is 0 Å². The van der Waals surface area contributed by atoms with E-state index >= 15 is 0 Å². The highest BCUT2D eigenvalue weighted by molar-refractivity contribution is 7.89. The van der Waals surface area contributed by atoms with Crippen molar-refractivity contribution in [2.75, 3.05) is 7.11 Å². The Labute approximate surface area is 81.5 Å². The molecule has 1 N–H and O–H groups in total. The average molecular weight is 222 g/mol. The van der Waals surface area contributed by atoms with Crippen molar-refractivity contribution >= 4 is 21.6 Å². The van der Waals surface area contributed by atoms with Gasteiger partial charge in [-0.2, -0.15) is 0 Å². The molecular formula is C7H8ClNO3S. The topological polar surface area (TPSA) is 55.4 Å². The van der Waals surface area contributed by atoms with Crippen LogP contribution in [0.2, 0.25) is 5.02 Å². The van der Waals surface area contributed by atoms with E-state index in [4.69, 9.17) is 11.6 Å². The van der Waals surface area contributed by atoms with Gasteiger partial charge in [-0.05, 0) is 12.1 Å². The van der Waals surface area contributed by atoms with E-state index in [9.17, 15) is 8.42 Å². The zero-order chi connectivity index (χ0) is 9.90. The number of rotatable bonds is 3. The predicted molar refractivity (Wildman–Crippen MR) is 48.8 cm³/mol. The highest BCUT2D eigenvalue weighted by Gasteiger charge is 2.16. The molecule has 0 aliphatic heterocycles. The van der Waals surface area contributed by atoms with Crippen LogP contribution < -0.4 is 4.89 Å². The molecule has 1 rings (SSSR count). The van der Waals surface area contributed by atoms with Gasteiger partial charge in [0, 0.05) is 0 Å². The highest BCUT2D eigenvalue weighted by atomic mass is 35.5. The molecular weight excluding hydrogens is 214 g/mol. The third-order valence-corrected chi connectivity index (χ3v) is 3.08. The largest absolute Gasteiger partial charge is 0.290 e. The van der Waals surface area contributed by atoms with E-state index in [0.29, 0.717) is 0 Å². The number of halogens is 1. The molecule has 72 valence electrons. The van der Waals surface area contributed by atoms with E-state index in [2.05, 4.69) is 4.84 Å². The lowest BCUT2D eigenvalue weighted by Gasteiger charge is -2.04. The normalized spacial score (nSPS) is 11.5. The van der Waals surface area contributed by atoms with Crippen molar-refractivity contribution in [3.8, 4) is 0 Å². The quantitative estimate of drug-likeness (QED) is 0.780. The van der Waals surface area contributed by atoms with Gasteiger partial charge >= 0.3 is 0 Å². The van der Waals surface area contributed by atoms with Crippen LogP contribution in [0.25, 0.3) is 0 Å². The van der Waals surface area contributed by atoms with Gasteiger partial charge < -0.3 is 0 Å². The minimum Gasteiger partial charge on any atom is -0.290 e. The second kappa shape index (κ2) is 4.06. The van der Waals surface area contributed by atoms with Crippen molar-refractivity contribution < 1.29 is 13.3 Å². The number of hydrogen-bond donors (Lipinski definition) is 1. The first-order chi connectivity index (χ1) is 6.08. The lowest BCUT2D eigenvalue weighted by molar-refractivity contribution is 0.153. The summed E-state index contributed by atoms with van der Waals surface area (Å²) in [4.78, 5) is 6.18. The van der Waals surface area contributed by atoms with E-state index in [0.717, 1.165) is 0 Å². The molecule has 13 heavy (non-hydrogen) atoms. The Morgan fingerprint density at radius 1 is 1.38 bits per heavy atom. The summed E-state index contributed by atoms with van der Waals surface area (Å²) >= 11 is 5.67. The Hall–Kier alpha value is -0.620. The fraction of sp³-hybridized carbons (Fsp3) is 0.143. The molecule has 0 saturated carbocycles. The molecule has 0 heterocycles. The van der Waals surface area contributed by atoms with Crippen molar-refractivity contribution in [2.45, 2.75) is 4.90 Å². The zero-order valence-corrected chi connectivity index (χ0v) is 8.39. The summed E-state index contributed by atoms with van der Waals surface area (Å²) < 4.78 is 22.7. The standard InChI is InChI=1S/C7H8ClNO3S/c1-12-9-13(10,11)7-5-3-2-4-6(7)8/h2-5,9H,1H3.